The Hall–Kier alpha value is -1.57. The van der Waals surface area contributed by atoms with Gasteiger partial charge in [-0.1, -0.05) is 23.7 Å². The number of benzene rings is 2. The Kier molecular flexibility index (Phi) is 6.89. The molecule has 6 heteroatoms. The van der Waals surface area contributed by atoms with Crippen LogP contribution in [0, 0.1) is 11.8 Å². The summed E-state index contributed by atoms with van der Waals surface area (Å²) >= 11 is 6.07. The number of quaternary nitrogens is 1. The van der Waals surface area contributed by atoms with Gasteiger partial charge in [0.05, 0.1) is 25.7 Å². The zero-order valence-electron chi connectivity index (χ0n) is 18.6. The van der Waals surface area contributed by atoms with Gasteiger partial charge >= 0.3 is 0 Å². The van der Waals surface area contributed by atoms with Crippen molar-refractivity contribution in [3.05, 3.63) is 64.2 Å². The molecule has 0 radical (unpaired) electrons. The molecule has 1 heterocycles. The molecule has 5 rings (SSSR count). The van der Waals surface area contributed by atoms with Crippen molar-refractivity contribution in [2.45, 2.75) is 38.3 Å². The van der Waals surface area contributed by atoms with Gasteiger partial charge in [0.2, 0.25) is 0 Å². The van der Waals surface area contributed by atoms with Crippen LogP contribution in [0.25, 0.3) is 6.08 Å². The number of rotatable bonds is 5. The first-order chi connectivity index (χ1) is 14.9. The standard InChI is InChI=1S/C26H29ClN2O2.HI/c1-29(2,24-12-18-3-6-19(24)11-18)15-17-4-8-23(9-5-17)28-26(30)21-13-20-14-22(27)7-10-25(20)31-16-21;/h4-5,7-10,13-14,18-19,24H,3,6,11-12,15-16H2,1-2H3;1H/t18?,19?,24-;/m0./s1. The predicted octanol–water partition coefficient (Wildman–Crippen LogP) is 2.52. The monoisotopic (exact) mass is 564 g/mol. The SMILES string of the molecule is C[N+](C)(Cc1ccc(NC(=O)C2=Cc3cc(Cl)ccc3OC2)cc1)[C@H]1CC2CCC1C2.[I-]. The Balaban J connectivity index is 0.00000245. The summed E-state index contributed by atoms with van der Waals surface area (Å²) in [5.41, 5.74) is 3.54. The van der Waals surface area contributed by atoms with Crippen molar-refractivity contribution in [1.82, 2.24) is 0 Å². The van der Waals surface area contributed by atoms with Gasteiger partial charge in [0.25, 0.3) is 5.91 Å². The number of nitrogens with zero attached hydrogens (tertiary/aromatic N) is 1. The second-order valence-corrected chi connectivity index (χ2v) is 10.4. The molecule has 2 fully saturated rings. The van der Waals surface area contributed by atoms with Crippen LogP contribution in [0.2, 0.25) is 5.02 Å². The van der Waals surface area contributed by atoms with E-state index in [1.54, 1.807) is 6.07 Å². The molecular formula is C26H30ClIN2O2. The van der Waals surface area contributed by atoms with Crippen LogP contribution in [0.5, 0.6) is 5.75 Å². The first-order valence-electron chi connectivity index (χ1n) is 11.2. The topological polar surface area (TPSA) is 38.3 Å². The molecule has 2 aromatic rings. The van der Waals surface area contributed by atoms with Crippen molar-refractivity contribution < 1.29 is 38.0 Å². The highest BCUT2D eigenvalue weighted by atomic mass is 127. The van der Waals surface area contributed by atoms with Gasteiger partial charge < -0.3 is 38.5 Å². The molecule has 2 saturated carbocycles. The zero-order chi connectivity index (χ0) is 21.6. The lowest BCUT2D eigenvalue weighted by molar-refractivity contribution is -0.931. The van der Waals surface area contributed by atoms with Gasteiger partial charge in [-0.25, -0.2) is 0 Å². The fourth-order valence-electron chi connectivity index (χ4n) is 5.84. The Morgan fingerprint density at radius 1 is 1.12 bits per heavy atom. The van der Waals surface area contributed by atoms with Crippen molar-refractivity contribution in [1.29, 1.82) is 0 Å². The van der Waals surface area contributed by atoms with E-state index < -0.39 is 0 Å². The van der Waals surface area contributed by atoms with E-state index >= 15 is 0 Å². The fourth-order valence-corrected chi connectivity index (χ4v) is 6.02. The van der Waals surface area contributed by atoms with E-state index in [9.17, 15) is 4.79 Å². The summed E-state index contributed by atoms with van der Waals surface area (Å²) < 4.78 is 6.76. The predicted molar refractivity (Wildman–Crippen MR) is 125 cm³/mol. The number of fused-ring (bicyclic) bond motifs is 3. The molecule has 2 aromatic carbocycles. The van der Waals surface area contributed by atoms with Crippen LogP contribution < -0.4 is 34.0 Å². The van der Waals surface area contributed by atoms with Gasteiger partial charge in [0.1, 0.15) is 18.9 Å². The maximum Gasteiger partial charge on any atom is 0.255 e. The minimum Gasteiger partial charge on any atom is -1.00 e. The molecule has 3 atom stereocenters. The summed E-state index contributed by atoms with van der Waals surface area (Å²) in [4.78, 5) is 12.7. The number of ether oxygens (including phenoxy) is 1. The van der Waals surface area contributed by atoms with Crippen molar-refractivity contribution >= 4 is 29.3 Å². The first kappa shape index (κ1) is 23.6. The van der Waals surface area contributed by atoms with Crippen LogP contribution in [-0.4, -0.2) is 37.1 Å². The maximum atomic E-state index is 12.7. The molecule has 1 amide bonds. The lowest BCUT2D eigenvalue weighted by Crippen LogP contribution is -3.00. The molecule has 0 spiro atoms. The summed E-state index contributed by atoms with van der Waals surface area (Å²) in [6.07, 6.45) is 7.53. The highest BCUT2D eigenvalue weighted by Gasteiger charge is 2.47. The maximum absolute atomic E-state index is 12.7. The lowest BCUT2D eigenvalue weighted by atomic mass is 9.92. The summed E-state index contributed by atoms with van der Waals surface area (Å²) in [7, 11) is 4.75. The second kappa shape index (κ2) is 9.35. The quantitative estimate of drug-likeness (QED) is 0.448. The Morgan fingerprint density at radius 3 is 2.59 bits per heavy atom. The van der Waals surface area contributed by atoms with Crippen molar-refractivity contribution in [3.63, 3.8) is 0 Å². The van der Waals surface area contributed by atoms with E-state index in [2.05, 4.69) is 31.5 Å². The molecule has 0 saturated heterocycles. The smallest absolute Gasteiger partial charge is 0.255 e. The Labute approximate surface area is 212 Å². The number of carbonyl (C=O) groups is 1. The number of amides is 1. The number of halogens is 2. The molecule has 4 nitrogen and oxygen atoms in total. The minimum atomic E-state index is -0.142. The first-order valence-corrected chi connectivity index (χ1v) is 11.6. The minimum absolute atomic E-state index is 0. The molecule has 1 N–H and O–H groups in total. The van der Waals surface area contributed by atoms with Crippen molar-refractivity contribution in [2.24, 2.45) is 11.8 Å². The summed E-state index contributed by atoms with van der Waals surface area (Å²) in [5.74, 6) is 2.48. The molecule has 2 unspecified atom stereocenters. The summed E-state index contributed by atoms with van der Waals surface area (Å²) in [6.45, 7) is 1.28. The van der Waals surface area contributed by atoms with Crippen molar-refractivity contribution in [2.75, 3.05) is 26.0 Å². The highest BCUT2D eigenvalue weighted by Crippen LogP contribution is 2.48. The van der Waals surface area contributed by atoms with Gasteiger partial charge in [-0.2, -0.15) is 0 Å². The second-order valence-electron chi connectivity index (χ2n) is 9.97. The van der Waals surface area contributed by atoms with Gasteiger partial charge in [0.15, 0.2) is 0 Å². The average molecular weight is 565 g/mol. The molecule has 170 valence electrons. The average Bonchev–Trinajstić information content (AvgIpc) is 3.38. The normalized spacial score (nSPS) is 23.6. The Bertz CT molecular complexity index is 1030. The molecule has 2 aliphatic carbocycles. The van der Waals surface area contributed by atoms with Crippen LogP contribution >= 0.6 is 11.6 Å². The largest absolute Gasteiger partial charge is 1.00 e. The number of hydrogen-bond acceptors (Lipinski definition) is 2. The van der Waals surface area contributed by atoms with E-state index in [0.29, 0.717) is 10.6 Å². The van der Waals surface area contributed by atoms with Crippen molar-refractivity contribution in [3.8, 4) is 5.75 Å². The van der Waals surface area contributed by atoms with Gasteiger partial charge in [-0.15, -0.1) is 0 Å². The third kappa shape index (κ3) is 4.85. The van der Waals surface area contributed by atoms with E-state index in [-0.39, 0.29) is 36.5 Å². The summed E-state index contributed by atoms with van der Waals surface area (Å²) in [6, 6.07) is 14.5. The fraction of sp³-hybridized carbons (Fsp3) is 0.423. The number of carbonyl (C=O) groups excluding carboxylic acids is 1. The van der Waals surface area contributed by atoms with Gasteiger partial charge in [-0.3, -0.25) is 4.79 Å². The van der Waals surface area contributed by atoms with E-state index in [1.807, 2.05) is 30.3 Å². The van der Waals surface area contributed by atoms with Crippen LogP contribution in [0.1, 0.15) is 36.8 Å². The molecule has 1 aliphatic heterocycles. The molecular weight excluding hydrogens is 535 g/mol. The number of anilines is 1. The van der Waals surface area contributed by atoms with E-state index in [0.717, 1.165) is 45.9 Å². The number of nitrogens with one attached hydrogen (secondary N) is 1. The van der Waals surface area contributed by atoms with Crippen LogP contribution in [-0.2, 0) is 11.3 Å². The van der Waals surface area contributed by atoms with Gasteiger partial charge in [-0.05, 0) is 61.6 Å². The van der Waals surface area contributed by atoms with E-state index in [1.165, 1.54) is 31.2 Å². The van der Waals surface area contributed by atoms with Gasteiger partial charge in [0, 0.05) is 34.2 Å². The number of hydrogen-bond donors (Lipinski definition) is 1. The third-order valence-electron chi connectivity index (χ3n) is 7.38. The van der Waals surface area contributed by atoms with Crippen LogP contribution in [0.15, 0.2) is 48.0 Å². The highest BCUT2D eigenvalue weighted by molar-refractivity contribution is 6.30. The molecule has 2 bridgehead atoms. The van der Waals surface area contributed by atoms with Crippen LogP contribution in [0.4, 0.5) is 5.69 Å². The zero-order valence-corrected chi connectivity index (χ0v) is 21.5. The molecule has 3 aliphatic rings. The lowest BCUT2D eigenvalue weighted by Gasteiger charge is -2.40. The molecule has 0 aromatic heterocycles. The molecule has 32 heavy (non-hydrogen) atoms. The third-order valence-corrected chi connectivity index (χ3v) is 7.61. The van der Waals surface area contributed by atoms with Crippen LogP contribution in [0.3, 0.4) is 0 Å². The summed E-state index contributed by atoms with van der Waals surface area (Å²) in [5, 5.41) is 3.63. The van der Waals surface area contributed by atoms with E-state index in [4.69, 9.17) is 16.3 Å². The Morgan fingerprint density at radius 2 is 1.91 bits per heavy atom.